The Kier molecular flexibility index (Phi) is 8.45. The fourth-order valence-corrected chi connectivity index (χ4v) is 1.43. The first kappa shape index (κ1) is 16.6. The normalized spacial score (nSPS) is 8.11. The number of fused-ring (bicyclic) bond motifs is 1. The van der Waals surface area contributed by atoms with Crippen LogP contribution in [-0.2, 0) is 0 Å². The minimum Gasteiger partial charge on any atom is -0.331 e. The highest BCUT2D eigenvalue weighted by Gasteiger charge is 2.02. The fourth-order valence-electron chi connectivity index (χ4n) is 1.43. The second-order valence-electron chi connectivity index (χ2n) is 3.38. The van der Waals surface area contributed by atoms with Crippen LogP contribution in [-0.4, -0.2) is 6.54 Å². The first-order chi connectivity index (χ1) is 9.26. The van der Waals surface area contributed by atoms with Crippen molar-refractivity contribution in [2.24, 2.45) is 5.73 Å². The van der Waals surface area contributed by atoms with Gasteiger partial charge in [-0.05, 0) is 29.4 Å². The summed E-state index contributed by atoms with van der Waals surface area (Å²) in [5.41, 5.74) is 5.72. The summed E-state index contributed by atoms with van der Waals surface area (Å²) in [5, 5.41) is 19.6. The summed E-state index contributed by atoms with van der Waals surface area (Å²) in [4.78, 5) is 0. The van der Waals surface area contributed by atoms with Crippen molar-refractivity contribution in [3.8, 4) is 12.1 Å². The number of nitrogens with two attached hydrogens (primary N) is 1. The van der Waals surface area contributed by atoms with E-state index in [1.54, 1.807) is 12.1 Å². The average Bonchev–Trinajstić information content (AvgIpc) is 2.48. The standard InChI is InChI=1S/C12H6N2.C2H7N.C2H6/c13-7-11-5-9-3-1-2-4-10(9)6-12(11)8-14;1-2-3;1-2/h1-6H;2-3H2,1H3;1-2H3. The van der Waals surface area contributed by atoms with E-state index in [4.69, 9.17) is 16.3 Å². The van der Waals surface area contributed by atoms with Crippen LogP contribution in [0, 0.1) is 22.7 Å². The fraction of sp³-hybridized carbons (Fsp3) is 0.250. The molecule has 0 fully saturated rings. The zero-order valence-corrected chi connectivity index (χ0v) is 11.6. The van der Waals surface area contributed by atoms with Crippen molar-refractivity contribution >= 4 is 10.8 Å². The zero-order chi connectivity index (χ0) is 14.7. The Labute approximate surface area is 114 Å². The monoisotopic (exact) mass is 253 g/mol. The first-order valence-corrected chi connectivity index (χ1v) is 6.29. The largest absolute Gasteiger partial charge is 0.331 e. The van der Waals surface area contributed by atoms with Crippen LogP contribution in [0.4, 0.5) is 0 Å². The molecule has 0 heterocycles. The van der Waals surface area contributed by atoms with Crippen LogP contribution in [0.3, 0.4) is 0 Å². The van der Waals surface area contributed by atoms with Gasteiger partial charge in [-0.1, -0.05) is 45.0 Å². The Balaban J connectivity index is 0.000000573. The van der Waals surface area contributed by atoms with E-state index in [9.17, 15) is 0 Å². The molecule has 3 heteroatoms. The smallest absolute Gasteiger partial charge is 0.101 e. The van der Waals surface area contributed by atoms with Gasteiger partial charge < -0.3 is 5.73 Å². The summed E-state index contributed by atoms with van der Waals surface area (Å²) in [6.07, 6.45) is 0. The van der Waals surface area contributed by atoms with Gasteiger partial charge in [-0.15, -0.1) is 0 Å². The van der Waals surface area contributed by atoms with E-state index in [0.29, 0.717) is 11.1 Å². The molecule has 3 nitrogen and oxygen atoms in total. The number of hydrogen-bond acceptors (Lipinski definition) is 3. The molecule has 0 unspecified atom stereocenters. The second kappa shape index (κ2) is 9.65. The molecule has 0 atom stereocenters. The predicted molar refractivity (Wildman–Crippen MR) is 79.5 cm³/mol. The molecule has 0 spiro atoms. The van der Waals surface area contributed by atoms with Crippen LogP contribution in [0.5, 0.6) is 0 Å². The number of nitrogens with zero attached hydrogens (tertiary/aromatic N) is 2. The Hall–Kier alpha value is -2.36. The molecule has 19 heavy (non-hydrogen) atoms. The van der Waals surface area contributed by atoms with E-state index in [-0.39, 0.29) is 0 Å². The van der Waals surface area contributed by atoms with Crippen molar-refractivity contribution in [2.45, 2.75) is 20.8 Å². The predicted octanol–water partition coefficient (Wildman–Crippen LogP) is 3.57. The molecule has 2 N–H and O–H groups in total. The van der Waals surface area contributed by atoms with E-state index in [1.807, 2.05) is 57.2 Å². The van der Waals surface area contributed by atoms with Crippen LogP contribution in [0.25, 0.3) is 10.8 Å². The number of benzene rings is 2. The molecule has 0 aromatic heterocycles. The van der Waals surface area contributed by atoms with Gasteiger partial charge in [0.1, 0.15) is 12.1 Å². The lowest BCUT2D eigenvalue weighted by Crippen LogP contribution is -1.87. The van der Waals surface area contributed by atoms with Gasteiger partial charge in [-0.2, -0.15) is 10.5 Å². The molecule has 2 rings (SSSR count). The van der Waals surface area contributed by atoms with E-state index < -0.39 is 0 Å². The Morgan fingerprint density at radius 1 is 0.947 bits per heavy atom. The highest BCUT2D eigenvalue weighted by molar-refractivity contribution is 5.85. The molecule has 0 aliphatic rings. The molecular formula is C16H19N3. The van der Waals surface area contributed by atoms with E-state index >= 15 is 0 Å². The molecule has 0 amide bonds. The van der Waals surface area contributed by atoms with Gasteiger partial charge in [0.15, 0.2) is 0 Å². The lowest BCUT2D eigenvalue weighted by Gasteiger charge is -1.99. The third-order valence-electron chi connectivity index (χ3n) is 2.13. The summed E-state index contributed by atoms with van der Waals surface area (Å²) in [6.45, 7) is 6.65. The van der Waals surface area contributed by atoms with Crippen LogP contribution in [0.15, 0.2) is 36.4 Å². The molecule has 0 aliphatic heterocycles. The van der Waals surface area contributed by atoms with Crippen molar-refractivity contribution in [1.29, 1.82) is 10.5 Å². The van der Waals surface area contributed by atoms with Crippen LogP contribution in [0.2, 0.25) is 0 Å². The minimum atomic E-state index is 0.436. The average molecular weight is 253 g/mol. The van der Waals surface area contributed by atoms with Crippen LogP contribution < -0.4 is 5.73 Å². The molecule has 98 valence electrons. The summed E-state index contributed by atoms with van der Waals surface area (Å²) >= 11 is 0. The highest BCUT2D eigenvalue weighted by atomic mass is 14.5. The summed E-state index contributed by atoms with van der Waals surface area (Å²) in [6, 6.07) is 15.2. The van der Waals surface area contributed by atoms with Gasteiger partial charge in [0, 0.05) is 0 Å². The summed E-state index contributed by atoms with van der Waals surface area (Å²) in [5.74, 6) is 0. The molecule has 0 saturated heterocycles. The molecule has 0 saturated carbocycles. The minimum absolute atomic E-state index is 0.436. The first-order valence-electron chi connectivity index (χ1n) is 6.29. The van der Waals surface area contributed by atoms with Crippen molar-refractivity contribution in [2.75, 3.05) is 6.54 Å². The third kappa shape index (κ3) is 4.79. The third-order valence-corrected chi connectivity index (χ3v) is 2.13. The zero-order valence-electron chi connectivity index (χ0n) is 11.6. The van der Waals surface area contributed by atoms with Gasteiger partial charge in [0.05, 0.1) is 11.1 Å². The number of nitriles is 2. The Morgan fingerprint density at radius 2 is 1.26 bits per heavy atom. The van der Waals surface area contributed by atoms with Crippen molar-refractivity contribution in [1.82, 2.24) is 0 Å². The van der Waals surface area contributed by atoms with Gasteiger partial charge in [0.2, 0.25) is 0 Å². The van der Waals surface area contributed by atoms with Gasteiger partial charge in [-0.25, -0.2) is 0 Å². The van der Waals surface area contributed by atoms with Crippen molar-refractivity contribution in [3.63, 3.8) is 0 Å². The van der Waals surface area contributed by atoms with E-state index in [2.05, 4.69) is 0 Å². The maximum atomic E-state index is 8.81. The molecule has 2 aromatic carbocycles. The quantitative estimate of drug-likeness (QED) is 0.779. The van der Waals surface area contributed by atoms with E-state index in [0.717, 1.165) is 17.3 Å². The van der Waals surface area contributed by atoms with E-state index in [1.165, 1.54) is 0 Å². The molecule has 0 radical (unpaired) electrons. The highest BCUT2D eigenvalue weighted by Crippen LogP contribution is 2.18. The van der Waals surface area contributed by atoms with Crippen molar-refractivity contribution < 1.29 is 0 Å². The van der Waals surface area contributed by atoms with Crippen LogP contribution >= 0.6 is 0 Å². The molecular weight excluding hydrogens is 234 g/mol. The van der Waals surface area contributed by atoms with Gasteiger partial charge in [0.25, 0.3) is 0 Å². The van der Waals surface area contributed by atoms with Gasteiger partial charge >= 0.3 is 0 Å². The Bertz CT molecular complexity index is 536. The molecule has 2 aromatic rings. The summed E-state index contributed by atoms with van der Waals surface area (Å²) < 4.78 is 0. The second-order valence-corrected chi connectivity index (χ2v) is 3.38. The SMILES string of the molecule is CC.CCN.N#Cc1cc2ccccc2cc1C#N. The number of rotatable bonds is 0. The number of hydrogen-bond donors (Lipinski definition) is 1. The topological polar surface area (TPSA) is 73.6 Å². The Morgan fingerprint density at radius 3 is 1.53 bits per heavy atom. The molecule has 0 bridgehead atoms. The summed E-state index contributed by atoms with van der Waals surface area (Å²) in [7, 11) is 0. The maximum Gasteiger partial charge on any atom is 0.101 e. The molecule has 0 aliphatic carbocycles. The van der Waals surface area contributed by atoms with Crippen LogP contribution in [0.1, 0.15) is 31.9 Å². The maximum absolute atomic E-state index is 8.81. The van der Waals surface area contributed by atoms with Gasteiger partial charge in [-0.3, -0.25) is 0 Å². The lowest BCUT2D eigenvalue weighted by atomic mass is 10.0. The van der Waals surface area contributed by atoms with Crippen molar-refractivity contribution in [3.05, 3.63) is 47.5 Å². The lowest BCUT2D eigenvalue weighted by molar-refractivity contribution is 1.14.